The van der Waals surface area contributed by atoms with Crippen LogP contribution in [0.15, 0.2) is 114 Å². The van der Waals surface area contributed by atoms with Crippen molar-refractivity contribution in [3.63, 3.8) is 0 Å². The highest BCUT2D eigenvalue weighted by Gasteiger charge is 2.35. The van der Waals surface area contributed by atoms with Crippen molar-refractivity contribution >= 4 is 27.5 Å². The van der Waals surface area contributed by atoms with E-state index in [0.29, 0.717) is 11.3 Å². The third-order valence-electron chi connectivity index (χ3n) is 7.74. The number of amides is 2. The second-order valence-corrected chi connectivity index (χ2v) is 13.0. The van der Waals surface area contributed by atoms with E-state index in [-0.39, 0.29) is 29.8 Å². The van der Waals surface area contributed by atoms with Gasteiger partial charge < -0.3 is 10.2 Å². The van der Waals surface area contributed by atoms with Crippen LogP contribution in [0.25, 0.3) is 0 Å². The fraction of sp³-hybridized carbons (Fsp3) is 0.278. The number of nitrogens with one attached hydrogen (secondary N) is 1. The lowest BCUT2D eigenvalue weighted by Crippen LogP contribution is -2.54. The molecule has 7 nitrogen and oxygen atoms in total. The zero-order chi connectivity index (χ0) is 31.7. The lowest BCUT2D eigenvalue weighted by molar-refractivity contribution is -0.140. The SMILES string of the molecule is CC[C@@H](C)NC(=O)[C@H](Cc1ccccc1)N(Cc1ccc(C)cc1)C(=O)CN(c1ccccc1C)S(=O)(=O)c1ccccc1. The molecular weight excluding hydrogens is 570 g/mol. The summed E-state index contributed by atoms with van der Waals surface area (Å²) in [6.07, 6.45) is 1.00. The average Bonchev–Trinajstić information content (AvgIpc) is 3.03. The van der Waals surface area contributed by atoms with Crippen molar-refractivity contribution in [3.05, 3.63) is 131 Å². The quantitative estimate of drug-likeness (QED) is 0.199. The van der Waals surface area contributed by atoms with E-state index in [1.807, 2.05) is 94.4 Å². The Bertz CT molecular complexity index is 1640. The van der Waals surface area contributed by atoms with E-state index in [0.717, 1.165) is 27.4 Å². The molecule has 0 saturated carbocycles. The van der Waals surface area contributed by atoms with Gasteiger partial charge in [0, 0.05) is 19.0 Å². The van der Waals surface area contributed by atoms with Crippen LogP contribution < -0.4 is 9.62 Å². The molecule has 0 spiro atoms. The van der Waals surface area contributed by atoms with Crippen molar-refractivity contribution in [2.75, 3.05) is 10.8 Å². The Kier molecular flexibility index (Phi) is 11.0. The number of hydrogen-bond donors (Lipinski definition) is 1. The van der Waals surface area contributed by atoms with Crippen molar-refractivity contribution in [2.45, 2.75) is 64.1 Å². The summed E-state index contributed by atoms with van der Waals surface area (Å²) in [5.74, 6) is -0.759. The van der Waals surface area contributed by atoms with Gasteiger partial charge in [-0.05, 0) is 62.1 Å². The topological polar surface area (TPSA) is 86.8 Å². The Morgan fingerprint density at radius 1 is 0.773 bits per heavy atom. The van der Waals surface area contributed by atoms with Crippen LogP contribution in [0.1, 0.15) is 42.5 Å². The van der Waals surface area contributed by atoms with E-state index in [1.54, 1.807) is 30.3 Å². The molecule has 0 unspecified atom stereocenters. The van der Waals surface area contributed by atoms with Gasteiger partial charge in [0.25, 0.3) is 10.0 Å². The molecule has 44 heavy (non-hydrogen) atoms. The number of nitrogens with zero attached hydrogens (tertiary/aromatic N) is 2. The fourth-order valence-corrected chi connectivity index (χ4v) is 6.46. The van der Waals surface area contributed by atoms with Crippen molar-refractivity contribution in [1.82, 2.24) is 10.2 Å². The number of benzene rings is 4. The van der Waals surface area contributed by atoms with Crippen LogP contribution >= 0.6 is 0 Å². The van der Waals surface area contributed by atoms with Crippen molar-refractivity contribution in [3.8, 4) is 0 Å². The largest absolute Gasteiger partial charge is 0.352 e. The van der Waals surface area contributed by atoms with E-state index in [4.69, 9.17) is 0 Å². The molecule has 0 aliphatic heterocycles. The van der Waals surface area contributed by atoms with Gasteiger partial charge in [-0.1, -0.05) is 103 Å². The molecule has 4 aromatic carbocycles. The molecule has 8 heteroatoms. The predicted octanol–water partition coefficient (Wildman–Crippen LogP) is 6.05. The lowest BCUT2D eigenvalue weighted by Gasteiger charge is -2.34. The van der Waals surface area contributed by atoms with Gasteiger partial charge in [0.15, 0.2) is 0 Å². The Hall–Kier alpha value is -4.43. The van der Waals surface area contributed by atoms with Gasteiger partial charge in [0.1, 0.15) is 12.6 Å². The van der Waals surface area contributed by atoms with Gasteiger partial charge in [-0.15, -0.1) is 0 Å². The molecule has 0 radical (unpaired) electrons. The Morgan fingerprint density at radius 2 is 1.36 bits per heavy atom. The van der Waals surface area contributed by atoms with E-state index >= 15 is 0 Å². The number of aryl methyl sites for hydroxylation is 2. The van der Waals surface area contributed by atoms with Crippen LogP contribution in [0.4, 0.5) is 5.69 Å². The first-order chi connectivity index (χ1) is 21.1. The first kappa shape index (κ1) is 32.5. The molecule has 0 aromatic heterocycles. The Morgan fingerprint density at radius 3 is 1.98 bits per heavy atom. The van der Waals surface area contributed by atoms with E-state index in [1.165, 1.54) is 17.0 Å². The van der Waals surface area contributed by atoms with E-state index in [2.05, 4.69) is 5.32 Å². The average molecular weight is 612 g/mol. The van der Waals surface area contributed by atoms with Gasteiger partial charge >= 0.3 is 0 Å². The first-order valence-corrected chi connectivity index (χ1v) is 16.4. The summed E-state index contributed by atoms with van der Waals surface area (Å²) in [4.78, 5) is 30.0. The van der Waals surface area contributed by atoms with Crippen molar-refractivity contribution in [2.24, 2.45) is 0 Å². The van der Waals surface area contributed by atoms with Crippen molar-refractivity contribution < 1.29 is 18.0 Å². The maximum atomic E-state index is 14.5. The fourth-order valence-electron chi connectivity index (χ4n) is 4.96. The summed E-state index contributed by atoms with van der Waals surface area (Å²) in [6, 6.07) is 31.6. The molecule has 0 saturated heterocycles. The van der Waals surface area contributed by atoms with Gasteiger partial charge in [-0.2, -0.15) is 0 Å². The normalized spacial score (nSPS) is 12.6. The van der Waals surface area contributed by atoms with Crippen molar-refractivity contribution in [1.29, 1.82) is 0 Å². The first-order valence-electron chi connectivity index (χ1n) is 14.9. The van der Waals surface area contributed by atoms with Gasteiger partial charge in [-0.25, -0.2) is 8.42 Å². The number of carbonyl (C=O) groups is 2. The maximum Gasteiger partial charge on any atom is 0.264 e. The van der Waals surface area contributed by atoms with E-state index in [9.17, 15) is 18.0 Å². The highest BCUT2D eigenvalue weighted by atomic mass is 32.2. The summed E-state index contributed by atoms with van der Waals surface area (Å²) in [7, 11) is -4.13. The zero-order valence-corrected chi connectivity index (χ0v) is 26.6. The molecule has 230 valence electrons. The minimum atomic E-state index is -4.13. The number of hydrogen-bond acceptors (Lipinski definition) is 4. The monoisotopic (exact) mass is 611 g/mol. The highest BCUT2D eigenvalue weighted by Crippen LogP contribution is 2.27. The second kappa shape index (κ2) is 14.8. The number of para-hydroxylation sites is 1. The number of carbonyl (C=O) groups excluding carboxylic acids is 2. The lowest BCUT2D eigenvalue weighted by atomic mass is 10.0. The molecule has 0 aliphatic rings. The van der Waals surface area contributed by atoms with Crippen LogP contribution in [-0.4, -0.2) is 43.8 Å². The number of rotatable bonds is 13. The summed E-state index contributed by atoms with van der Waals surface area (Å²) in [5, 5.41) is 3.07. The molecule has 0 aliphatic carbocycles. The summed E-state index contributed by atoms with van der Waals surface area (Å²) < 4.78 is 29.3. The van der Waals surface area contributed by atoms with E-state index < -0.39 is 28.5 Å². The third-order valence-corrected chi connectivity index (χ3v) is 9.51. The molecule has 4 rings (SSSR count). The standard InChI is InChI=1S/C36H41N3O4S/c1-5-29(4)37-36(41)34(24-30-15-8-6-9-16-30)38(25-31-22-20-27(2)21-23-31)35(40)26-39(33-19-13-12-14-28(33)3)44(42,43)32-17-10-7-11-18-32/h6-23,29,34H,5,24-26H2,1-4H3,(H,37,41)/t29-,34+/m1/s1. The molecule has 0 fully saturated rings. The molecule has 0 bridgehead atoms. The smallest absolute Gasteiger partial charge is 0.264 e. The van der Waals surface area contributed by atoms with Crippen LogP contribution in [0.2, 0.25) is 0 Å². The summed E-state index contributed by atoms with van der Waals surface area (Å²) >= 11 is 0. The summed E-state index contributed by atoms with van der Waals surface area (Å²) in [5.41, 5.74) is 3.92. The summed E-state index contributed by atoms with van der Waals surface area (Å²) in [6.45, 7) is 7.37. The predicted molar refractivity (Wildman–Crippen MR) is 176 cm³/mol. The van der Waals surface area contributed by atoms with Gasteiger partial charge in [-0.3, -0.25) is 13.9 Å². The Labute approximate surface area is 261 Å². The van der Waals surface area contributed by atoms with Crippen LogP contribution in [0.5, 0.6) is 0 Å². The molecule has 2 amide bonds. The van der Waals surface area contributed by atoms with Crippen LogP contribution in [-0.2, 0) is 32.6 Å². The van der Waals surface area contributed by atoms with Gasteiger partial charge in [0.2, 0.25) is 11.8 Å². The molecule has 0 heterocycles. The van der Waals surface area contributed by atoms with Gasteiger partial charge in [0.05, 0.1) is 10.6 Å². The minimum Gasteiger partial charge on any atom is -0.352 e. The third kappa shape index (κ3) is 8.14. The second-order valence-electron chi connectivity index (χ2n) is 11.1. The Balaban J connectivity index is 1.81. The number of anilines is 1. The van der Waals surface area contributed by atoms with Crippen LogP contribution in [0.3, 0.4) is 0 Å². The molecular formula is C36H41N3O4S. The highest BCUT2D eigenvalue weighted by molar-refractivity contribution is 7.92. The number of sulfonamides is 1. The zero-order valence-electron chi connectivity index (χ0n) is 25.8. The molecule has 1 N–H and O–H groups in total. The van der Waals surface area contributed by atoms with Crippen LogP contribution in [0, 0.1) is 13.8 Å². The maximum absolute atomic E-state index is 14.5. The molecule has 2 atom stereocenters. The minimum absolute atomic E-state index is 0.0801. The molecule has 4 aromatic rings.